The molecule has 102 valence electrons. The fourth-order valence-corrected chi connectivity index (χ4v) is 4.10. The fourth-order valence-electron chi connectivity index (χ4n) is 2.71. The smallest absolute Gasteiger partial charge is 0.0351 e. The molecule has 1 fully saturated rings. The normalized spacial score (nSPS) is 15.6. The van der Waals surface area contributed by atoms with Crippen molar-refractivity contribution >= 4 is 21.4 Å². The van der Waals surface area contributed by atoms with Gasteiger partial charge in [0.25, 0.3) is 0 Å². The van der Waals surface area contributed by atoms with Crippen molar-refractivity contribution in [2.75, 3.05) is 0 Å². The van der Waals surface area contributed by atoms with Crippen LogP contribution < -0.4 is 5.32 Å². The van der Waals surface area contributed by atoms with Crippen molar-refractivity contribution in [1.29, 1.82) is 0 Å². The van der Waals surface area contributed by atoms with Crippen LogP contribution >= 0.6 is 11.3 Å². The molecule has 2 heteroatoms. The van der Waals surface area contributed by atoms with E-state index in [0.717, 1.165) is 12.6 Å². The van der Waals surface area contributed by atoms with Crippen molar-refractivity contribution in [3.63, 3.8) is 0 Å². The molecule has 19 heavy (non-hydrogen) atoms. The Morgan fingerprint density at radius 3 is 2.53 bits per heavy atom. The van der Waals surface area contributed by atoms with Gasteiger partial charge < -0.3 is 5.32 Å². The minimum absolute atomic E-state index is 0.604. The lowest BCUT2D eigenvalue weighted by Crippen LogP contribution is -2.15. The van der Waals surface area contributed by atoms with E-state index in [4.69, 9.17) is 0 Å². The fraction of sp³-hybridized carbons (Fsp3) is 0.529. The van der Waals surface area contributed by atoms with Crippen LogP contribution in [0.2, 0.25) is 0 Å². The van der Waals surface area contributed by atoms with Crippen LogP contribution in [0.4, 0.5) is 0 Å². The zero-order chi connectivity index (χ0) is 13.6. The highest BCUT2D eigenvalue weighted by Crippen LogP contribution is 2.38. The molecule has 0 saturated heterocycles. The van der Waals surface area contributed by atoms with E-state index >= 15 is 0 Å². The van der Waals surface area contributed by atoms with Crippen LogP contribution in [-0.4, -0.2) is 6.04 Å². The van der Waals surface area contributed by atoms with Crippen LogP contribution in [0.3, 0.4) is 0 Å². The molecule has 1 aromatic carbocycles. The second kappa shape index (κ2) is 4.92. The number of thiophene rings is 1. The first kappa shape index (κ1) is 13.1. The lowest BCUT2D eigenvalue weighted by molar-refractivity contribution is 0.686. The zero-order valence-corrected chi connectivity index (χ0v) is 13.2. The minimum Gasteiger partial charge on any atom is -0.309 e. The van der Waals surface area contributed by atoms with E-state index in [2.05, 4.69) is 45.1 Å². The second-order valence-corrected chi connectivity index (χ2v) is 7.32. The van der Waals surface area contributed by atoms with Crippen LogP contribution in [0, 0.1) is 13.8 Å². The van der Waals surface area contributed by atoms with E-state index in [1.54, 1.807) is 10.4 Å². The molecule has 3 rings (SSSR count). The van der Waals surface area contributed by atoms with Gasteiger partial charge in [-0.05, 0) is 60.7 Å². The topological polar surface area (TPSA) is 12.0 Å². The number of hydrogen-bond acceptors (Lipinski definition) is 2. The Bertz CT molecular complexity index is 605. The molecule has 1 aliphatic carbocycles. The second-order valence-electron chi connectivity index (χ2n) is 6.18. The van der Waals surface area contributed by atoms with Gasteiger partial charge in [-0.2, -0.15) is 0 Å². The first-order valence-corrected chi connectivity index (χ1v) is 8.14. The van der Waals surface area contributed by atoms with Crippen LogP contribution in [-0.2, 0) is 6.54 Å². The lowest BCUT2D eigenvalue weighted by atomic mass is 9.97. The number of fused-ring (bicyclic) bond motifs is 1. The molecule has 2 aromatic rings. The molecule has 1 aromatic heterocycles. The van der Waals surface area contributed by atoms with Crippen molar-refractivity contribution in [3.8, 4) is 0 Å². The molecule has 1 aliphatic rings. The van der Waals surface area contributed by atoms with Crippen LogP contribution in [0.15, 0.2) is 12.1 Å². The maximum Gasteiger partial charge on any atom is 0.0351 e. The van der Waals surface area contributed by atoms with Gasteiger partial charge in [0.1, 0.15) is 0 Å². The summed E-state index contributed by atoms with van der Waals surface area (Å²) >= 11 is 1.98. The Morgan fingerprint density at radius 1 is 1.21 bits per heavy atom. The third-order valence-corrected chi connectivity index (χ3v) is 5.29. The predicted octanol–water partition coefficient (Wildman–Crippen LogP) is 4.89. The highest BCUT2D eigenvalue weighted by Gasteiger charge is 2.22. The van der Waals surface area contributed by atoms with E-state index in [9.17, 15) is 0 Å². The number of aryl methyl sites for hydroxylation is 2. The summed E-state index contributed by atoms with van der Waals surface area (Å²) in [6.07, 6.45) is 2.72. The summed E-state index contributed by atoms with van der Waals surface area (Å²) in [5, 5.41) is 5.15. The number of benzene rings is 1. The lowest BCUT2D eigenvalue weighted by Gasteiger charge is -2.09. The van der Waals surface area contributed by atoms with Gasteiger partial charge in [0, 0.05) is 22.2 Å². The van der Waals surface area contributed by atoms with Gasteiger partial charge in [0.05, 0.1) is 0 Å². The van der Waals surface area contributed by atoms with Gasteiger partial charge in [0.15, 0.2) is 0 Å². The monoisotopic (exact) mass is 273 g/mol. The van der Waals surface area contributed by atoms with Crippen LogP contribution in [0.25, 0.3) is 10.1 Å². The number of hydrogen-bond donors (Lipinski definition) is 1. The van der Waals surface area contributed by atoms with E-state index in [1.807, 2.05) is 11.3 Å². The Hall–Kier alpha value is -0.860. The Labute approximate surface area is 120 Å². The maximum atomic E-state index is 3.67. The standard InChI is InChI=1S/C17H23NS/c1-10(2)17-14-7-11(3)12(4)8-15(14)19-16(17)9-18-13-5-6-13/h7-8,10,13,18H,5-6,9H2,1-4H3. The molecule has 0 spiro atoms. The summed E-state index contributed by atoms with van der Waals surface area (Å²) in [5.41, 5.74) is 4.39. The van der Waals surface area contributed by atoms with Gasteiger partial charge in [-0.3, -0.25) is 0 Å². The third-order valence-electron chi connectivity index (χ3n) is 4.13. The first-order chi connectivity index (χ1) is 9.06. The molecule has 1 N–H and O–H groups in total. The molecule has 0 radical (unpaired) electrons. The van der Waals surface area contributed by atoms with Crippen molar-refractivity contribution in [2.45, 2.75) is 59.0 Å². The quantitative estimate of drug-likeness (QED) is 0.836. The zero-order valence-electron chi connectivity index (χ0n) is 12.3. The Morgan fingerprint density at radius 2 is 1.89 bits per heavy atom. The summed E-state index contributed by atoms with van der Waals surface area (Å²) in [4.78, 5) is 1.54. The van der Waals surface area contributed by atoms with Crippen molar-refractivity contribution in [1.82, 2.24) is 5.32 Å². The molecule has 0 aliphatic heterocycles. The van der Waals surface area contributed by atoms with Crippen LogP contribution in [0.1, 0.15) is 54.2 Å². The minimum atomic E-state index is 0.604. The van der Waals surface area contributed by atoms with Gasteiger partial charge in [-0.25, -0.2) is 0 Å². The van der Waals surface area contributed by atoms with Crippen molar-refractivity contribution in [2.24, 2.45) is 0 Å². The average molecular weight is 273 g/mol. The van der Waals surface area contributed by atoms with Gasteiger partial charge in [-0.15, -0.1) is 11.3 Å². The molecule has 0 bridgehead atoms. The summed E-state index contributed by atoms with van der Waals surface area (Å²) in [6, 6.07) is 5.53. The van der Waals surface area contributed by atoms with Gasteiger partial charge >= 0.3 is 0 Å². The molecular formula is C17H23NS. The molecule has 1 nitrogen and oxygen atoms in total. The molecule has 0 atom stereocenters. The molecule has 1 saturated carbocycles. The highest BCUT2D eigenvalue weighted by atomic mass is 32.1. The summed E-state index contributed by atoms with van der Waals surface area (Å²) in [6.45, 7) is 10.1. The number of rotatable bonds is 4. The van der Waals surface area contributed by atoms with Gasteiger partial charge in [-0.1, -0.05) is 19.9 Å². The third kappa shape index (κ3) is 2.56. The van der Waals surface area contributed by atoms with E-state index in [-0.39, 0.29) is 0 Å². The summed E-state index contributed by atoms with van der Waals surface area (Å²) in [7, 11) is 0. The summed E-state index contributed by atoms with van der Waals surface area (Å²) < 4.78 is 1.46. The highest BCUT2D eigenvalue weighted by molar-refractivity contribution is 7.19. The average Bonchev–Trinajstić information content (AvgIpc) is 3.10. The maximum absolute atomic E-state index is 3.67. The predicted molar refractivity (Wildman–Crippen MR) is 85.2 cm³/mol. The Kier molecular flexibility index (Phi) is 3.40. The molecular weight excluding hydrogens is 250 g/mol. The van der Waals surface area contributed by atoms with Crippen molar-refractivity contribution in [3.05, 3.63) is 33.7 Å². The van der Waals surface area contributed by atoms with E-state index in [0.29, 0.717) is 5.92 Å². The Balaban J connectivity index is 2.05. The largest absolute Gasteiger partial charge is 0.309 e. The van der Waals surface area contributed by atoms with E-state index in [1.165, 1.54) is 34.1 Å². The summed E-state index contributed by atoms with van der Waals surface area (Å²) in [5.74, 6) is 0.604. The molecule has 0 amide bonds. The molecule has 0 unspecified atom stereocenters. The first-order valence-electron chi connectivity index (χ1n) is 7.32. The van der Waals surface area contributed by atoms with E-state index < -0.39 is 0 Å². The molecule has 1 heterocycles. The van der Waals surface area contributed by atoms with Gasteiger partial charge in [0.2, 0.25) is 0 Å². The SMILES string of the molecule is Cc1cc2sc(CNC3CC3)c(C(C)C)c2cc1C. The van der Waals surface area contributed by atoms with Crippen molar-refractivity contribution < 1.29 is 0 Å². The van der Waals surface area contributed by atoms with Crippen LogP contribution in [0.5, 0.6) is 0 Å². The number of nitrogens with one attached hydrogen (secondary N) is 1.